The third-order valence-electron chi connectivity index (χ3n) is 4.89. The number of carbonyl (C=O) groups is 1. The molecule has 156 valence electrons. The van der Waals surface area contributed by atoms with E-state index in [4.69, 9.17) is 0 Å². The number of rotatable bonds is 6. The van der Waals surface area contributed by atoms with Crippen LogP contribution in [-0.4, -0.2) is 21.2 Å². The Balaban J connectivity index is 1.52. The first-order valence-corrected chi connectivity index (χ1v) is 11.4. The van der Waals surface area contributed by atoms with E-state index in [1.807, 2.05) is 17.5 Å². The lowest BCUT2D eigenvalue weighted by Crippen LogP contribution is -2.30. The summed E-state index contributed by atoms with van der Waals surface area (Å²) in [5, 5.41) is 4.97. The van der Waals surface area contributed by atoms with Crippen molar-refractivity contribution < 1.29 is 13.6 Å². The quantitative estimate of drug-likeness (QED) is 0.454. The lowest BCUT2D eigenvalue weighted by atomic mass is 9.97. The van der Waals surface area contributed by atoms with Crippen molar-refractivity contribution in [1.82, 2.24) is 9.55 Å². The zero-order valence-electron chi connectivity index (χ0n) is 16.0. The van der Waals surface area contributed by atoms with Crippen LogP contribution in [0.5, 0.6) is 0 Å². The van der Waals surface area contributed by atoms with E-state index in [0.717, 1.165) is 47.9 Å². The molecule has 4 rings (SSSR count). The van der Waals surface area contributed by atoms with Gasteiger partial charge in [-0.05, 0) is 49.3 Å². The monoisotopic (exact) mass is 447 g/mol. The van der Waals surface area contributed by atoms with Crippen molar-refractivity contribution >= 4 is 34.7 Å². The highest BCUT2D eigenvalue weighted by molar-refractivity contribution is 8.00. The van der Waals surface area contributed by atoms with E-state index >= 15 is 0 Å². The summed E-state index contributed by atoms with van der Waals surface area (Å²) in [4.78, 5) is 30.3. The Morgan fingerprint density at radius 3 is 2.83 bits per heavy atom. The van der Waals surface area contributed by atoms with Gasteiger partial charge in [0, 0.05) is 22.2 Å². The lowest BCUT2D eigenvalue weighted by molar-refractivity contribution is -0.113. The van der Waals surface area contributed by atoms with Crippen LogP contribution in [0.25, 0.3) is 0 Å². The van der Waals surface area contributed by atoms with Gasteiger partial charge in [-0.3, -0.25) is 9.36 Å². The Morgan fingerprint density at radius 1 is 1.23 bits per heavy atom. The number of nitrogens with zero attached hydrogens (tertiary/aromatic N) is 2. The number of benzene rings is 1. The largest absolute Gasteiger partial charge is 0.349 e. The van der Waals surface area contributed by atoms with Crippen LogP contribution in [0, 0.1) is 11.6 Å². The summed E-state index contributed by atoms with van der Waals surface area (Å²) in [5.41, 5.74) is 1.60. The van der Waals surface area contributed by atoms with Gasteiger partial charge in [0.1, 0.15) is 16.7 Å². The van der Waals surface area contributed by atoms with Crippen molar-refractivity contribution in [3.63, 3.8) is 0 Å². The molecule has 1 amide bonds. The number of hydrogen-bond acceptors (Lipinski definition) is 5. The first-order valence-electron chi connectivity index (χ1n) is 9.54. The van der Waals surface area contributed by atoms with Crippen molar-refractivity contribution in [3.8, 4) is 0 Å². The SMILES string of the molecule is O=C(CSc1nc(=O)n(Cc2cccs2)c2c1CCCC2)Nc1ccc(F)cc1F. The molecule has 0 fully saturated rings. The van der Waals surface area contributed by atoms with E-state index < -0.39 is 17.5 Å². The predicted molar refractivity (Wildman–Crippen MR) is 114 cm³/mol. The van der Waals surface area contributed by atoms with Crippen molar-refractivity contribution in [2.24, 2.45) is 0 Å². The topological polar surface area (TPSA) is 64.0 Å². The first-order chi connectivity index (χ1) is 14.5. The van der Waals surface area contributed by atoms with Crippen molar-refractivity contribution in [2.75, 3.05) is 11.1 Å². The van der Waals surface area contributed by atoms with Gasteiger partial charge in [0.05, 0.1) is 18.0 Å². The number of thioether (sulfide) groups is 1. The lowest BCUT2D eigenvalue weighted by Gasteiger charge is -2.22. The summed E-state index contributed by atoms with van der Waals surface area (Å²) in [7, 11) is 0. The molecular weight excluding hydrogens is 428 g/mol. The van der Waals surface area contributed by atoms with Crippen LogP contribution in [0.3, 0.4) is 0 Å². The van der Waals surface area contributed by atoms with E-state index in [0.29, 0.717) is 17.6 Å². The van der Waals surface area contributed by atoms with E-state index in [-0.39, 0.29) is 17.1 Å². The van der Waals surface area contributed by atoms with Crippen molar-refractivity contribution in [1.29, 1.82) is 0 Å². The Bertz CT molecular complexity index is 1130. The summed E-state index contributed by atoms with van der Waals surface area (Å²) in [6.07, 6.45) is 3.63. The highest BCUT2D eigenvalue weighted by atomic mass is 32.2. The van der Waals surface area contributed by atoms with Gasteiger partial charge in [0.2, 0.25) is 5.91 Å². The number of fused-ring (bicyclic) bond motifs is 1. The molecule has 0 aliphatic heterocycles. The summed E-state index contributed by atoms with van der Waals surface area (Å²) in [6.45, 7) is 0.501. The minimum Gasteiger partial charge on any atom is -0.323 e. The van der Waals surface area contributed by atoms with Gasteiger partial charge in [0.25, 0.3) is 0 Å². The summed E-state index contributed by atoms with van der Waals surface area (Å²) < 4.78 is 28.5. The molecule has 9 heteroatoms. The molecule has 0 bridgehead atoms. The number of carbonyl (C=O) groups excluding carboxylic acids is 1. The van der Waals surface area contributed by atoms with Gasteiger partial charge in [0.15, 0.2) is 0 Å². The Hall–Kier alpha value is -2.52. The third-order valence-corrected chi connectivity index (χ3v) is 6.77. The molecule has 2 aromatic heterocycles. The molecule has 3 aromatic rings. The Labute approximate surface area is 180 Å². The number of halogens is 2. The minimum atomic E-state index is -0.833. The van der Waals surface area contributed by atoms with Crippen molar-refractivity contribution in [3.05, 3.63) is 74.0 Å². The molecule has 0 atom stereocenters. The molecule has 0 saturated carbocycles. The first kappa shape index (κ1) is 20.7. The average Bonchev–Trinajstić information content (AvgIpc) is 3.24. The summed E-state index contributed by atoms with van der Waals surface area (Å²) >= 11 is 2.77. The van der Waals surface area contributed by atoms with Crippen LogP contribution >= 0.6 is 23.1 Å². The minimum absolute atomic E-state index is 0.0232. The highest BCUT2D eigenvalue weighted by Gasteiger charge is 2.21. The smallest absolute Gasteiger partial charge is 0.323 e. The molecule has 0 saturated heterocycles. The highest BCUT2D eigenvalue weighted by Crippen LogP contribution is 2.29. The van der Waals surface area contributed by atoms with Gasteiger partial charge < -0.3 is 5.32 Å². The number of nitrogens with one attached hydrogen (secondary N) is 1. The fourth-order valence-electron chi connectivity index (χ4n) is 3.50. The number of anilines is 1. The molecule has 1 aromatic carbocycles. The molecule has 1 aliphatic carbocycles. The number of amides is 1. The second-order valence-electron chi connectivity index (χ2n) is 6.96. The van der Waals surface area contributed by atoms with Gasteiger partial charge in [-0.2, -0.15) is 4.98 Å². The second-order valence-corrected chi connectivity index (χ2v) is 8.95. The molecule has 0 unspecified atom stereocenters. The average molecular weight is 448 g/mol. The molecule has 1 N–H and O–H groups in total. The molecule has 0 spiro atoms. The van der Waals surface area contributed by atoms with Gasteiger partial charge in [-0.1, -0.05) is 17.8 Å². The molecular formula is C21H19F2N3O2S2. The predicted octanol–water partition coefficient (Wildman–Crippen LogP) is 4.24. The number of thiophene rings is 1. The molecule has 0 radical (unpaired) electrons. The van der Waals surface area contributed by atoms with Crippen LogP contribution < -0.4 is 11.0 Å². The standard InChI is InChI=1S/C21H19F2N3O2S2/c22-13-7-8-17(16(23)10-13)24-19(27)12-30-20-15-5-1-2-6-18(15)26(21(28)25-20)11-14-4-3-9-29-14/h3-4,7-10H,1-2,5-6,11-12H2,(H,24,27). The fourth-order valence-corrected chi connectivity index (χ4v) is 5.07. The maximum absolute atomic E-state index is 13.7. The van der Waals surface area contributed by atoms with Crippen LogP contribution in [-0.2, 0) is 24.2 Å². The van der Waals surface area contributed by atoms with E-state index in [2.05, 4.69) is 10.3 Å². The van der Waals surface area contributed by atoms with Crippen LogP contribution in [0.4, 0.5) is 14.5 Å². The normalized spacial score (nSPS) is 13.1. The fraction of sp³-hybridized carbons (Fsp3) is 0.286. The Morgan fingerprint density at radius 2 is 2.07 bits per heavy atom. The third kappa shape index (κ3) is 4.62. The van der Waals surface area contributed by atoms with E-state index in [9.17, 15) is 18.4 Å². The zero-order valence-corrected chi connectivity index (χ0v) is 17.6. The van der Waals surface area contributed by atoms with Gasteiger partial charge in [-0.15, -0.1) is 11.3 Å². The number of aromatic nitrogens is 2. The zero-order chi connectivity index (χ0) is 21.1. The Kier molecular flexibility index (Phi) is 6.29. The van der Waals surface area contributed by atoms with E-state index in [1.165, 1.54) is 17.8 Å². The van der Waals surface area contributed by atoms with Gasteiger partial charge >= 0.3 is 5.69 Å². The second kappa shape index (κ2) is 9.09. The molecule has 1 aliphatic rings. The number of hydrogen-bond donors (Lipinski definition) is 1. The summed E-state index contributed by atoms with van der Waals surface area (Å²) in [5.74, 6) is -2.01. The maximum atomic E-state index is 13.7. The molecule has 30 heavy (non-hydrogen) atoms. The molecule has 2 heterocycles. The molecule has 5 nitrogen and oxygen atoms in total. The summed E-state index contributed by atoms with van der Waals surface area (Å²) in [6, 6.07) is 6.93. The van der Waals surface area contributed by atoms with E-state index in [1.54, 1.807) is 15.9 Å². The van der Waals surface area contributed by atoms with Crippen LogP contribution in [0.1, 0.15) is 29.0 Å². The van der Waals surface area contributed by atoms with Gasteiger partial charge in [-0.25, -0.2) is 13.6 Å². The van der Waals surface area contributed by atoms with Crippen molar-refractivity contribution in [2.45, 2.75) is 37.3 Å². The van der Waals surface area contributed by atoms with Crippen LogP contribution in [0.2, 0.25) is 0 Å². The van der Waals surface area contributed by atoms with Crippen LogP contribution in [0.15, 0.2) is 45.5 Å². The maximum Gasteiger partial charge on any atom is 0.349 e.